The van der Waals surface area contributed by atoms with Crippen molar-refractivity contribution in [1.29, 1.82) is 0 Å². The first-order chi connectivity index (χ1) is 9.03. The molecule has 1 saturated heterocycles. The molecule has 2 atom stereocenters. The van der Waals surface area contributed by atoms with Gasteiger partial charge in [-0.15, -0.1) is 0 Å². The molecule has 2 heterocycles. The summed E-state index contributed by atoms with van der Waals surface area (Å²) in [6, 6.07) is -0.189. The van der Waals surface area contributed by atoms with Crippen LogP contribution in [0.1, 0.15) is 19.8 Å². The second-order valence-corrected chi connectivity index (χ2v) is 6.32. The molecule has 2 N–H and O–H groups in total. The molecule has 8 heteroatoms. The predicted octanol–water partition coefficient (Wildman–Crippen LogP) is -0.279. The van der Waals surface area contributed by atoms with Crippen LogP contribution in [0.4, 0.5) is 0 Å². The molecule has 2 unspecified atom stereocenters. The van der Waals surface area contributed by atoms with Crippen molar-refractivity contribution in [3.63, 3.8) is 0 Å². The third-order valence-corrected chi connectivity index (χ3v) is 4.59. The minimum Gasteiger partial charge on any atom is -0.396 e. The summed E-state index contributed by atoms with van der Waals surface area (Å²) in [5.41, 5.74) is 0. The molecule has 1 fully saturated rings. The Labute approximate surface area is 112 Å². The van der Waals surface area contributed by atoms with Crippen molar-refractivity contribution in [3.8, 4) is 0 Å². The number of hydrogen-bond acceptors (Lipinski definition) is 5. The van der Waals surface area contributed by atoms with Gasteiger partial charge in [0, 0.05) is 26.0 Å². The highest BCUT2D eigenvalue weighted by molar-refractivity contribution is 7.89. The van der Waals surface area contributed by atoms with Crippen LogP contribution in [0.5, 0.6) is 0 Å². The highest BCUT2D eigenvalue weighted by Crippen LogP contribution is 2.16. The Bertz CT molecular complexity index is 514. The van der Waals surface area contributed by atoms with Crippen molar-refractivity contribution in [2.75, 3.05) is 13.2 Å². The van der Waals surface area contributed by atoms with E-state index in [0.29, 0.717) is 26.0 Å². The number of ether oxygens (including phenoxy) is 1. The van der Waals surface area contributed by atoms with Crippen LogP contribution >= 0.6 is 0 Å². The normalized spacial score (nSPS) is 23.9. The van der Waals surface area contributed by atoms with Gasteiger partial charge in [-0.1, -0.05) is 0 Å². The van der Waals surface area contributed by atoms with Crippen LogP contribution < -0.4 is 4.72 Å². The van der Waals surface area contributed by atoms with Crippen LogP contribution in [0.2, 0.25) is 0 Å². The zero-order valence-electron chi connectivity index (χ0n) is 10.8. The Kier molecular flexibility index (Phi) is 4.56. The van der Waals surface area contributed by atoms with Gasteiger partial charge in [0.1, 0.15) is 4.90 Å². The molecule has 1 aromatic heterocycles. The molecule has 0 bridgehead atoms. The van der Waals surface area contributed by atoms with Crippen LogP contribution in [-0.2, 0) is 21.3 Å². The van der Waals surface area contributed by atoms with Crippen molar-refractivity contribution in [3.05, 3.63) is 12.4 Å². The summed E-state index contributed by atoms with van der Waals surface area (Å²) in [4.78, 5) is 0.143. The van der Waals surface area contributed by atoms with Gasteiger partial charge in [0.25, 0.3) is 0 Å². The topological polar surface area (TPSA) is 93.5 Å². The van der Waals surface area contributed by atoms with Crippen molar-refractivity contribution in [2.45, 2.75) is 43.4 Å². The number of aromatic nitrogens is 2. The summed E-state index contributed by atoms with van der Waals surface area (Å²) in [6.45, 7) is 2.97. The van der Waals surface area contributed by atoms with Crippen LogP contribution in [-0.4, -0.2) is 48.7 Å². The maximum absolute atomic E-state index is 12.2. The second kappa shape index (κ2) is 6.00. The molecule has 108 valence electrons. The fourth-order valence-corrected chi connectivity index (χ4v) is 3.28. The zero-order valence-corrected chi connectivity index (χ0v) is 11.6. The Morgan fingerprint density at radius 1 is 1.63 bits per heavy atom. The highest BCUT2D eigenvalue weighted by Gasteiger charge is 2.29. The van der Waals surface area contributed by atoms with Crippen LogP contribution in [0, 0.1) is 0 Å². The van der Waals surface area contributed by atoms with Crippen LogP contribution in [0.25, 0.3) is 0 Å². The lowest BCUT2D eigenvalue weighted by molar-refractivity contribution is 0.117. The van der Waals surface area contributed by atoms with E-state index in [2.05, 4.69) is 9.82 Å². The summed E-state index contributed by atoms with van der Waals surface area (Å²) in [6.07, 6.45) is 3.90. The van der Waals surface area contributed by atoms with E-state index in [1.54, 1.807) is 0 Å². The minimum atomic E-state index is -3.56. The molecule has 1 aromatic rings. The van der Waals surface area contributed by atoms with Crippen molar-refractivity contribution < 1.29 is 18.3 Å². The lowest BCUT2D eigenvalue weighted by atomic mass is 10.2. The fraction of sp³-hybridized carbons (Fsp3) is 0.727. The smallest absolute Gasteiger partial charge is 0.244 e. The third-order valence-electron chi connectivity index (χ3n) is 3.15. The second-order valence-electron chi connectivity index (χ2n) is 4.61. The largest absolute Gasteiger partial charge is 0.396 e. The highest BCUT2D eigenvalue weighted by atomic mass is 32.2. The molecule has 0 radical (unpaired) electrons. The molecule has 0 aromatic carbocycles. The van der Waals surface area contributed by atoms with E-state index in [-0.39, 0.29) is 23.6 Å². The summed E-state index contributed by atoms with van der Waals surface area (Å²) in [5.74, 6) is 0. The predicted molar refractivity (Wildman–Crippen MR) is 68.1 cm³/mol. The Morgan fingerprint density at radius 2 is 2.42 bits per heavy atom. The monoisotopic (exact) mass is 289 g/mol. The van der Waals surface area contributed by atoms with Gasteiger partial charge < -0.3 is 9.84 Å². The van der Waals surface area contributed by atoms with Gasteiger partial charge in [-0.3, -0.25) is 4.68 Å². The number of aryl methyl sites for hydroxylation is 1. The Morgan fingerprint density at radius 3 is 3.05 bits per heavy atom. The number of nitrogens with one attached hydrogen (secondary N) is 1. The zero-order chi connectivity index (χ0) is 13.9. The summed E-state index contributed by atoms with van der Waals surface area (Å²) in [5, 5.41) is 12.7. The molecule has 1 aliphatic heterocycles. The average Bonchev–Trinajstić information content (AvgIpc) is 2.97. The lowest BCUT2D eigenvalue weighted by Gasteiger charge is -2.15. The Balaban J connectivity index is 2.04. The van der Waals surface area contributed by atoms with Gasteiger partial charge in [-0.2, -0.15) is 5.10 Å². The van der Waals surface area contributed by atoms with Crippen LogP contribution in [0.3, 0.4) is 0 Å². The maximum atomic E-state index is 12.2. The number of aliphatic hydroxyl groups is 1. The molecular weight excluding hydrogens is 270 g/mol. The molecule has 1 aliphatic rings. The minimum absolute atomic E-state index is 0.0527. The molecule has 0 spiro atoms. The first-order valence-corrected chi connectivity index (χ1v) is 7.78. The van der Waals surface area contributed by atoms with Crippen molar-refractivity contribution in [1.82, 2.24) is 14.5 Å². The Hall–Kier alpha value is -0.960. The van der Waals surface area contributed by atoms with E-state index in [4.69, 9.17) is 9.84 Å². The molecule has 0 saturated carbocycles. The first-order valence-electron chi connectivity index (χ1n) is 6.30. The number of rotatable bonds is 6. The van der Waals surface area contributed by atoms with Crippen molar-refractivity contribution >= 4 is 10.0 Å². The number of hydrogen-bond donors (Lipinski definition) is 2. The molecule has 19 heavy (non-hydrogen) atoms. The van der Waals surface area contributed by atoms with Gasteiger partial charge in [-0.25, -0.2) is 13.1 Å². The average molecular weight is 289 g/mol. The summed E-state index contributed by atoms with van der Waals surface area (Å²) in [7, 11) is -3.56. The van der Waals surface area contributed by atoms with E-state index in [9.17, 15) is 8.42 Å². The standard InChI is InChI=1S/C11H19N3O4S/c1-9-11(3-6-18-9)13-19(16,17)10-7-12-14(8-10)4-2-5-15/h7-9,11,13,15H,2-6H2,1H3. The van der Waals surface area contributed by atoms with Crippen molar-refractivity contribution in [2.24, 2.45) is 0 Å². The summed E-state index contributed by atoms with van der Waals surface area (Å²) < 4.78 is 33.8. The number of aliphatic hydroxyl groups excluding tert-OH is 1. The number of nitrogens with zero attached hydrogens (tertiary/aromatic N) is 2. The maximum Gasteiger partial charge on any atom is 0.244 e. The van der Waals surface area contributed by atoms with E-state index < -0.39 is 10.0 Å². The fourth-order valence-electron chi connectivity index (χ4n) is 1.99. The lowest BCUT2D eigenvalue weighted by Crippen LogP contribution is -2.38. The van der Waals surface area contributed by atoms with Gasteiger partial charge in [0.15, 0.2) is 0 Å². The van der Waals surface area contributed by atoms with Crippen LogP contribution in [0.15, 0.2) is 17.3 Å². The van der Waals surface area contributed by atoms with Gasteiger partial charge >= 0.3 is 0 Å². The quantitative estimate of drug-likeness (QED) is 0.751. The molecule has 7 nitrogen and oxygen atoms in total. The summed E-state index contributed by atoms with van der Waals surface area (Å²) >= 11 is 0. The SMILES string of the molecule is CC1OCCC1NS(=O)(=O)c1cnn(CCCO)c1. The van der Waals surface area contributed by atoms with Gasteiger partial charge in [0.2, 0.25) is 10.0 Å². The van der Waals surface area contributed by atoms with Gasteiger partial charge in [0.05, 0.1) is 18.3 Å². The van der Waals surface area contributed by atoms with E-state index >= 15 is 0 Å². The van der Waals surface area contributed by atoms with E-state index in [0.717, 1.165) is 0 Å². The molecular formula is C11H19N3O4S. The third kappa shape index (κ3) is 3.53. The number of sulfonamides is 1. The van der Waals surface area contributed by atoms with E-state index in [1.165, 1.54) is 17.1 Å². The van der Waals surface area contributed by atoms with Gasteiger partial charge in [-0.05, 0) is 19.8 Å². The van der Waals surface area contributed by atoms with E-state index in [1.807, 2.05) is 6.92 Å². The molecule has 0 aliphatic carbocycles. The first kappa shape index (κ1) is 14.4. The molecule has 2 rings (SSSR count). The molecule has 0 amide bonds.